The number of halogens is 2. The van der Waals surface area contributed by atoms with Crippen LogP contribution in [-0.2, 0) is 14.3 Å². The molecule has 30 heavy (non-hydrogen) atoms. The number of carbonyl (C=O) groups excluding carboxylic acids is 3. The molecule has 2 bridgehead atoms. The van der Waals surface area contributed by atoms with Crippen LogP contribution in [0.5, 0.6) is 0 Å². The van der Waals surface area contributed by atoms with Crippen molar-refractivity contribution in [1.29, 1.82) is 0 Å². The molecule has 7 heteroatoms. The number of rotatable bonds is 6. The van der Waals surface area contributed by atoms with Crippen molar-refractivity contribution in [1.82, 2.24) is 0 Å². The molecule has 2 fully saturated rings. The Bertz CT molecular complexity index is 978. The summed E-state index contributed by atoms with van der Waals surface area (Å²) in [5.74, 6) is -1.54. The second-order valence-corrected chi connectivity index (χ2v) is 8.74. The Morgan fingerprint density at radius 1 is 0.967 bits per heavy atom. The van der Waals surface area contributed by atoms with E-state index in [2.05, 4.69) is 5.32 Å². The summed E-state index contributed by atoms with van der Waals surface area (Å²) in [5.41, 5.74) is 1.00. The van der Waals surface area contributed by atoms with E-state index in [9.17, 15) is 14.4 Å². The molecule has 0 aromatic heterocycles. The molecule has 5 nitrogen and oxygen atoms in total. The van der Waals surface area contributed by atoms with Gasteiger partial charge in [0.25, 0.3) is 5.91 Å². The van der Waals surface area contributed by atoms with Crippen LogP contribution in [0.15, 0.2) is 48.5 Å². The van der Waals surface area contributed by atoms with Gasteiger partial charge in [-0.1, -0.05) is 53.5 Å². The van der Waals surface area contributed by atoms with E-state index in [4.69, 9.17) is 27.9 Å². The Hall–Kier alpha value is -2.37. The molecule has 0 aliphatic heterocycles. The van der Waals surface area contributed by atoms with Crippen LogP contribution in [-0.4, -0.2) is 24.3 Å². The Kier molecular flexibility index (Phi) is 6.11. The Balaban J connectivity index is 1.40. The third kappa shape index (κ3) is 4.23. The summed E-state index contributed by atoms with van der Waals surface area (Å²) in [6, 6.07) is 13.7. The molecule has 0 spiro atoms. The third-order valence-corrected chi connectivity index (χ3v) is 6.65. The molecule has 4 rings (SSSR count). The van der Waals surface area contributed by atoms with Gasteiger partial charge in [0.15, 0.2) is 12.4 Å². The van der Waals surface area contributed by atoms with Gasteiger partial charge in [-0.05, 0) is 49.3 Å². The summed E-state index contributed by atoms with van der Waals surface area (Å²) in [6.07, 6.45) is 2.72. The van der Waals surface area contributed by atoms with Crippen LogP contribution < -0.4 is 5.32 Å². The lowest BCUT2D eigenvalue weighted by atomic mass is 9.75. The second kappa shape index (κ2) is 8.78. The van der Waals surface area contributed by atoms with E-state index < -0.39 is 24.4 Å². The lowest BCUT2D eigenvalue weighted by molar-refractivity contribution is -0.154. The van der Waals surface area contributed by atoms with Crippen molar-refractivity contribution >= 4 is 46.5 Å². The number of nitrogens with one attached hydrogen (secondary N) is 1. The van der Waals surface area contributed by atoms with Crippen molar-refractivity contribution in [3.8, 4) is 0 Å². The van der Waals surface area contributed by atoms with E-state index in [-0.39, 0.29) is 23.5 Å². The SMILES string of the molecule is O=C(COC(=O)[C@H]1[C@H]2CC[C@@H](C2)[C@H]1C(=O)c1ccccc1)Nc1ccc(Cl)cc1Cl. The molecule has 156 valence electrons. The van der Waals surface area contributed by atoms with Gasteiger partial charge >= 0.3 is 5.97 Å². The number of fused-ring (bicyclic) bond motifs is 2. The number of carbonyl (C=O) groups is 3. The largest absolute Gasteiger partial charge is 0.455 e. The first kappa shape index (κ1) is 20.9. The fourth-order valence-electron chi connectivity index (χ4n) is 4.81. The summed E-state index contributed by atoms with van der Waals surface area (Å²) < 4.78 is 5.32. The monoisotopic (exact) mass is 445 g/mol. The maximum Gasteiger partial charge on any atom is 0.310 e. The molecule has 1 amide bonds. The highest BCUT2D eigenvalue weighted by molar-refractivity contribution is 6.36. The minimum absolute atomic E-state index is 0.0119. The van der Waals surface area contributed by atoms with Gasteiger partial charge in [-0.15, -0.1) is 0 Å². The summed E-state index contributed by atoms with van der Waals surface area (Å²) in [6.45, 7) is -0.433. The molecule has 2 aliphatic carbocycles. The first-order valence-corrected chi connectivity index (χ1v) is 10.7. The van der Waals surface area contributed by atoms with E-state index in [1.165, 1.54) is 6.07 Å². The first-order valence-electron chi connectivity index (χ1n) is 9.95. The number of ether oxygens (including phenoxy) is 1. The second-order valence-electron chi connectivity index (χ2n) is 7.90. The standard InChI is InChI=1S/C23H21Cl2NO4/c24-16-8-9-18(17(25)11-16)26-19(27)12-30-23(29)21-15-7-6-14(10-15)20(21)22(28)13-4-2-1-3-5-13/h1-5,8-9,11,14-15,20-21H,6-7,10,12H2,(H,26,27)/t14-,15-,20+,21-/m0/s1. The Morgan fingerprint density at radius 2 is 1.67 bits per heavy atom. The number of amides is 1. The predicted octanol–water partition coefficient (Wildman–Crippen LogP) is 5.02. The topological polar surface area (TPSA) is 72.5 Å². The molecule has 2 aliphatic rings. The van der Waals surface area contributed by atoms with E-state index in [0.29, 0.717) is 21.3 Å². The maximum atomic E-state index is 13.1. The van der Waals surface area contributed by atoms with Crippen LogP contribution in [0.25, 0.3) is 0 Å². The first-order chi connectivity index (χ1) is 14.4. The zero-order chi connectivity index (χ0) is 21.3. The molecule has 2 saturated carbocycles. The van der Waals surface area contributed by atoms with Crippen LogP contribution >= 0.6 is 23.2 Å². The lowest BCUT2D eigenvalue weighted by Gasteiger charge is -2.28. The molecule has 1 N–H and O–H groups in total. The molecule has 2 aromatic carbocycles. The zero-order valence-corrected chi connectivity index (χ0v) is 17.7. The Morgan fingerprint density at radius 3 is 2.37 bits per heavy atom. The van der Waals surface area contributed by atoms with Gasteiger partial charge in [-0.25, -0.2) is 0 Å². The van der Waals surface area contributed by atoms with E-state index in [1.807, 2.05) is 18.2 Å². The molecule has 0 unspecified atom stereocenters. The van der Waals surface area contributed by atoms with Crippen LogP contribution in [0.1, 0.15) is 29.6 Å². The maximum absolute atomic E-state index is 13.1. The minimum atomic E-state index is -0.498. The predicted molar refractivity (Wildman–Crippen MR) is 115 cm³/mol. The van der Waals surface area contributed by atoms with Gasteiger partial charge in [-0.3, -0.25) is 14.4 Å². The number of Topliss-reactive ketones (excluding diaryl/α,β-unsaturated/α-hetero) is 1. The van der Waals surface area contributed by atoms with E-state index in [1.54, 1.807) is 24.3 Å². The molecule has 0 heterocycles. The van der Waals surface area contributed by atoms with Gasteiger partial charge in [0.2, 0.25) is 0 Å². The minimum Gasteiger partial charge on any atom is -0.455 e. The highest BCUT2D eigenvalue weighted by Crippen LogP contribution is 2.53. The third-order valence-electron chi connectivity index (χ3n) is 6.10. The van der Waals surface area contributed by atoms with Crippen LogP contribution in [0.2, 0.25) is 10.0 Å². The zero-order valence-electron chi connectivity index (χ0n) is 16.1. The number of hydrogen-bond acceptors (Lipinski definition) is 4. The van der Waals surface area contributed by atoms with Crippen molar-refractivity contribution in [2.45, 2.75) is 19.3 Å². The summed E-state index contributed by atoms with van der Waals surface area (Å²) >= 11 is 11.9. The van der Waals surface area contributed by atoms with Gasteiger partial charge in [-0.2, -0.15) is 0 Å². The normalized spacial score (nSPS) is 24.5. The van der Waals surface area contributed by atoms with Gasteiger partial charge in [0, 0.05) is 16.5 Å². The highest BCUT2D eigenvalue weighted by atomic mass is 35.5. The molecular weight excluding hydrogens is 425 g/mol. The molecule has 0 radical (unpaired) electrons. The Labute approximate surface area is 184 Å². The fourth-order valence-corrected chi connectivity index (χ4v) is 5.27. The molecule has 4 atom stereocenters. The number of esters is 1. The van der Waals surface area contributed by atoms with E-state index >= 15 is 0 Å². The lowest BCUT2D eigenvalue weighted by Crippen LogP contribution is -2.37. The molecule has 0 saturated heterocycles. The summed E-state index contributed by atoms with van der Waals surface area (Å²) in [7, 11) is 0. The average Bonchev–Trinajstić information content (AvgIpc) is 3.36. The summed E-state index contributed by atoms with van der Waals surface area (Å²) in [5, 5.41) is 3.35. The van der Waals surface area contributed by atoms with Crippen LogP contribution in [0, 0.1) is 23.7 Å². The van der Waals surface area contributed by atoms with Crippen molar-refractivity contribution < 1.29 is 19.1 Å². The number of anilines is 1. The van der Waals surface area contributed by atoms with Crippen molar-refractivity contribution in [2.24, 2.45) is 23.7 Å². The number of ketones is 1. The van der Waals surface area contributed by atoms with Crippen molar-refractivity contribution in [2.75, 3.05) is 11.9 Å². The van der Waals surface area contributed by atoms with Crippen molar-refractivity contribution in [3.05, 3.63) is 64.1 Å². The fraction of sp³-hybridized carbons (Fsp3) is 0.348. The quantitative estimate of drug-likeness (QED) is 0.500. The molecule has 2 aromatic rings. The number of benzene rings is 2. The highest BCUT2D eigenvalue weighted by Gasteiger charge is 2.54. The number of hydrogen-bond donors (Lipinski definition) is 1. The van der Waals surface area contributed by atoms with Crippen LogP contribution in [0.3, 0.4) is 0 Å². The van der Waals surface area contributed by atoms with Crippen molar-refractivity contribution in [3.63, 3.8) is 0 Å². The van der Waals surface area contributed by atoms with Crippen LogP contribution in [0.4, 0.5) is 5.69 Å². The molecular formula is C23H21Cl2NO4. The van der Waals surface area contributed by atoms with E-state index in [0.717, 1.165) is 19.3 Å². The smallest absolute Gasteiger partial charge is 0.310 e. The van der Waals surface area contributed by atoms with Gasteiger partial charge in [0.1, 0.15) is 0 Å². The summed E-state index contributed by atoms with van der Waals surface area (Å²) in [4.78, 5) is 38.2. The van der Waals surface area contributed by atoms with Gasteiger partial charge in [0.05, 0.1) is 16.6 Å². The van der Waals surface area contributed by atoms with Gasteiger partial charge < -0.3 is 10.1 Å². The average molecular weight is 446 g/mol.